The molecule has 0 radical (unpaired) electrons. The molecule has 332 valence electrons. The van der Waals surface area contributed by atoms with Gasteiger partial charge < -0.3 is 30.9 Å². The molecule has 64 heavy (non-hydrogen) atoms. The number of fused-ring (bicyclic) bond motifs is 2. The lowest BCUT2D eigenvalue weighted by molar-refractivity contribution is 0.0939. The van der Waals surface area contributed by atoms with E-state index in [1.807, 2.05) is 68.4 Å². The van der Waals surface area contributed by atoms with Crippen LogP contribution in [0.1, 0.15) is 91.6 Å². The number of hydrogen-bond acceptors (Lipinski definition) is 12. The third-order valence-electron chi connectivity index (χ3n) is 10.8. The van der Waals surface area contributed by atoms with Crippen LogP contribution in [-0.4, -0.2) is 86.4 Å². The Bertz CT molecular complexity index is 2840. The molecule has 0 saturated heterocycles. The highest BCUT2D eigenvalue weighted by Crippen LogP contribution is 2.35. The molecule has 15 nitrogen and oxygen atoms in total. The van der Waals surface area contributed by atoms with Crippen LogP contribution in [0, 0.1) is 19.8 Å². The normalized spacial score (nSPS) is 14.0. The summed E-state index contributed by atoms with van der Waals surface area (Å²) in [6.45, 7) is 11.5. The first-order chi connectivity index (χ1) is 30.5. The van der Waals surface area contributed by atoms with Gasteiger partial charge in [0.1, 0.15) is 4.60 Å². The smallest absolute Gasteiger partial charge is 0.251 e. The van der Waals surface area contributed by atoms with Crippen LogP contribution < -0.4 is 20.7 Å². The lowest BCUT2D eigenvalue weighted by Gasteiger charge is -2.19. The Kier molecular flexibility index (Phi) is 12.6. The predicted octanol–water partition coefficient (Wildman–Crippen LogP) is 8.60. The number of benzene rings is 2. The van der Waals surface area contributed by atoms with Crippen LogP contribution in [0.2, 0.25) is 0 Å². The van der Waals surface area contributed by atoms with Gasteiger partial charge in [0.15, 0.2) is 17.1 Å². The maximum Gasteiger partial charge on any atom is 0.251 e. The van der Waals surface area contributed by atoms with Gasteiger partial charge in [-0.1, -0.05) is 24.3 Å². The minimum absolute atomic E-state index is 0.0445. The average Bonchev–Trinajstić information content (AvgIpc) is 4.15. The highest BCUT2D eigenvalue weighted by molar-refractivity contribution is 9.10. The molecule has 2 aliphatic carbocycles. The second-order valence-electron chi connectivity index (χ2n) is 18.0. The van der Waals surface area contributed by atoms with Crippen molar-refractivity contribution in [2.75, 3.05) is 23.7 Å². The summed E-state index contributed by atoms with van der Waals surface area (Å²) in [5.41, 5.74) is 7.67. The molecule has 2 fully saturated rings. The Hall–Kier alpha value is -6.23. The van der Waals surface area contributed by atoms with Gasteiger partial charge in [0.25, 0.3) is 5.91 Å². The zero-order valence-corrected chi connectivity index (χ0v) is 38.4. The zero-order valence-electron chi connectivity index (χ0n) is 36.8. The Labute approximate surface area is 379 Å². The first-order valence-electron chi connectivity index (χ1n) is 21.5. The van der Waals surface area contributed by atoms with E-state index in [2.05, 4.69) is 57.0 Å². The standard InChI is InChI=1S/C26H28N6O3.C22H25BrN4O2/c1-16-12-17(7-10-19(16)25(33)30-18-8-9-18)21-14-28-24-20(29-15-26(2,3)34)13-23(31-32(21)24)35-22-6-4-5-11-27-22;1-13-8-15(6-7-16(13)19(28)9-14-4-5-14)18-11-24-21-17(25-12-22(2,3)29)10-20(23)26-27(18)21/h4-7,10-14,18,29,34H,8-9,15H2,1-3H3,(H,30,33);6-8,10-11,14,25,29H,4-5,9,12H2,1-3H3. The van der Waals surface area contributed by atoms with Gasteiger partial charge in [-0.25, -0.2) is 24.0 Å². The number of carbonyl (C=O) groups excluding carboxylic acids is 2. The monoisotopic (exact) mass is 928 g/mol. The number of aliphatic hydroxyl groups is 2. The summed E-state index contributed by atoms with van der Waals surface area (Å²) in [4.78, 5) is 38.4. The summed E-state index contributed by atoms with van der Waals surface area (Å²) in [7, 11) is 0. The van der Waals surface area contributed by atoms with Crippen LogP contribution in [0.15, 0.2) is 89.9 Å². The van der Waals surface area contributed by atoms with E-state index in [-0.39, 0.29) is 11.7 Å². The number of imidazole rings is 2. The summed E-state index contributed by atoms with van der Waals surface area (Å²) in [6, 6.07) is 20.9. The van der Waals surface area contributed by atoms with Gasteiger partial charge in [-0.3, -0.25) is 9.59 Å². The van der Waals surface area contributed by atoms with Crippen LogP contribution in [0.3, 0.4) is 0 Å². The van der Waals surface area contributed by atoms with Crippen molar-refractivity contribution in [3.8, 4) is 34.3 Å². The van der Waals surface area contributed by atoms with E-state index in [4.69, 9.17) is 4.74 Å². The van der Waals surface area contributed by atoms with Crippen LogP contribution >= 0.6 is 15.9 Å². The molecule has 16 heteroatoms. The lowest BCUT2D eigenvalue weighted by Crippen LogP contribution is -2.29. The number of nitrogens with one attached hydrogen (secondary N) is 3. The fourth-order valence-electron chi connectivity index (χ4n) is 7.12. The number of halogens is 1. The summed E-state index contributed by atoms with van der Waals surface area (Å²) in [5.74, 6) is 1.50. The van der Waals surface area contributed by atoms with Crippen LogP contribution in [0.5, 0.6) is 11.8 Å². The Balaban J connectivity index is 0.000000178. The maximum absolute atomic E-state index is 12.5. The molecule has 2 aliphatic rings. The largest absolute Gasteiger partial charge is 0.419 e. The van der Waals surface area contributed by atoms with Gasteiger partial charge in [-0.05, 0) is 131 Å². The van der Waals surface area contributed by atoms with E-state index < -0.39 is 11.2 Å². The number of ether oxygens (including phenoxy) is 1. The molecule has 5 aromatic heterocycles. The number of amides is 1. The van der Waals surface area contributed by atoms with Crippen molar-refractivity contribution >= 4 is 50.3 Å². The molecular formula is C48H53BrN10O5. The van der Waals surface area contributed by atoms with E-state index in [1.165, 1.54) is 12.8 Å². The molecular weight excluding hydrogens is 876 g/mol. The van der Waals surface area contributed by atoms with E-state index in [0.717, 1.165) is 57.7 Å². The zero-order chi connectivity index (χ0) is 45.3. The van der Waals surface area contributed by atoms with Crippen molar-refractivity contribution in [1.29, 1.82) is 0 Å². The third kappa shape index (κ3) is 10.9. The number of Topliss-reactive ketones (excluding diaryl/α,β-unsaturated/α-hetero) is 1. The van der Waals surface area contributed by atoms with Crippen molar-refractivity contribution in [2.45, 2.75) is 90.9 Å². The van der Waals surface area contributed by atoms with Crippen molar-refractivity contribution in [3.63, 3.8) is 0 Å². The number of carbonyl (C=O) groups is 2. The minimum Gasteiger partial charge on any atom is -0.419 e. The van der Waals surface area contributed by atoms with E-state index in [1.54, 1.807) is 67.4 Å². The number of aromatic nitrogens is 7. The summed E-state index contributed by atoms with van der Waals surface area (Å²) >= 11 is 3.46. The molecule has 0 unspecified atom stereocenters. The minimum atomic E-state index is -0.925. The first-order valence-corrected chi connectivity index (χ1v) is 22.3. The van der Waals surface area contributed by atoms with Gasteiger partial charge in [0.05, 0.1) is 46.4 Å². The van der Waals surface area contributed by atoms with Gasteiger partial charge >= 0.3 is 0 Å². The highest BCUT2D eigenvalue weighted by atomic mass is 79.9. The van der Waals surface area contributed by atoms with Gasteiger partial charge in [0.2, 0.25) is 11.8 Å². The van der Waals surface area contributed by atoms with Crippen LogP contribution in [0.4, 0.5) is 11.4 Å². The van der Waals surface area contributed by atoms with Gasteiger partial charge in [0, 0.05) is 66.1 Å². The molecule has 9 rings (SSSR count). The fourth-order valence-corrected chi connectivity index (χ4v) is 7.51. The number of ketones is 1. The summed E-state index contributed by atoms with van der Waals surface area (Å²) in [5, 5.41) is 39.0. The van der Waals surface area contributed by atoms with Crippen molar-refractivity contribution < 1.29 is 24.5 Å². The number of hydrogen-bond donors (Lipinski definition) is 5. The SMILES string of the molecule is Cc1cc(-c2cnc3c(NCC(C)(C)O)cc(Br)nn23)ccc1C(=O)CC1CC1.Cc1cc(-c2cnc3c(NCC(C)(C)O)cc(Oc4ccccn4)nn23)ccc1C(=O)NC1CC1. The van der Waals surface area contributed by atoms with Gasteiger partial charge in [-0.2, -0.15) is 5.10 Å². The lowest BCUT2D eigenvalue weighted by atomic mass is 9.98. The molecule has 7 aromatic rings. The molecule has 2 saturated carbocycles. The predicted molar refractivity (Wildman–Crippen MR) is 250 cm³/mol. The average molecular weight is 930 g/mol. The highest BCUT2D eigenvalue weighted by Gasteiger charge is 2.27. The molecule has 1 amide bonds. The second kappa shape index (κ2) is 18.1. The van der Waals surface area contributed by atoms with Gasteiger partial charge in [-0.15, -0.1) is 5.10 Å². The number of aryl methyl sites for hydroxylation is 2. The van der Waals surface area contributed by atoms with E-state index >= 15 is 0 Å². The number of pyridine rings is 1. The molecule has 5 heterocycles. The molecule has 0 spiro atoms. The molecule has 0 atom stereocenters. The summed E-state index contributed by atoms with van der Waals surface area (Å²) in [6.07, 6.45) is 10.3. The second-order valence-corrected chi connectivity index (χ2v) is 18.8. The number of anilines is 2. The summed E-state index contributed by atoms with van der Waals surface area (Å²) < 4.78 is 10.0. The van der Waals surface area contributed by atoms with Crippen LogP contribution in [0.25, 0.3) is 33.8 Å². The van der Waals surface area contributed by atoms with Crippen LogP contribution in [-0.2, 0) is 0 Å². The molecule has 5 N–H and O–H groups in total. The van der Waals surface area contributed by atoms with E-state index in [9.17, 15) is 19.8 Å². The number of nitrogens with zero attached hydrogens (tertiary/aromatic N) is 7. The Morgan fingerprint density at radius 2 is 1.31 bits per heavy atom. The maximum atomic E-state index is 12.5. The molecule has 2 aromatic carbocycles. The quantitative estimate of drug-likeness (QED) is 0.0616. The topological polar surface area (TPSA) is 193 Å². The molecule has 0 bridgehead atoms. The van der Waals surface area contributed by atoms with Crippen molar-refractivity contribution in [1.82, 2.24) is 39.5 Å². The fraction of sp³-hybridized carbons (Fsp3) is 0.354. The number of rotatable bonds is 15. The van der Waals surface area contributed by atoms with E-state index in [0.29, 0.717) is 70.4 Å². The van der Waals surface area contributed by atoms with Crippen molar-refractivity contribution in [2.24, 2.45) is 5.92 Å². The first kappa shape index (κ1) is 44.4. The third-order valence-corrected chi connectivity index (χ3v) is 11.2. The Morgan fingerprint density at radius 3 is 1.84 bits per heavy atom. The van der Waals surface area contributed by atoms with Crippen molar-refractivity contribution in [3.05, 3.63) is 112 Å². The Morgan fingerprint density at radius 1 is 0.734 bits per heavy atom. The molecule has 0 aliphatic heterocycles.